The zero-order valence-electron chi connectivity index (χ0n) is 12.4. The van der Waals surface area contributed by atoms with E-state index in [-0.39, 0.29) is 12.4 Å². The molecule has 0 spiro atoms. The van der Waals surface area contributed by atoms with Crippen LogP contribution in [0.1, 0.15) is 29.4 Å². The molecule has 0 bridgehead atoms. The summed E-state index contributed by atoms with van der Waals surface area (Å²) < 4.78 is 4.79. The lowest BCUT2D eigenvalue weighted by molar-refractivity contribution is 0.401. The van der Waals surface area contributed by atoms with Gasteiger partial charge in [-0.15, -0.1) is 12.4 Å². The highest BCUT2D eigenvalue weighted by molar-refractivity contribution is 9.13. The Labute approximate surface area is 153 Å². The lowest BCUT2D eigenvalue weighted by atomic mass is 10.0. The molecule has 2 N–H and O–H groups in total. The van der Waals surface area contributed by atoms with Gasteiger partial charge in [-0.05, 0) is 62.8 Å². The summed E-state index contributed by atoms with van der Waals surface area (Å²) in [7, 11) is 0. The minimum Gasteiger partial charge on any atom is -0.326 e. The quantitative estimate of drug-likeness (QED) is 0.699. The van der Waals surface area contributed by atoms with E-state index in [0.29, 0.717) is 6.04 Å². The third-order valence-electron chi connectivity index (χ3n) is 4.59. The number of piperazine rings is 1. The fourth-order valence-corrected chi connectivity index (χ4v) is 4.62. The maximum Gasteiger partial charge on any atom is 0.128 e. The predicted molar refractivity (Wildman–Crippen MR) is 99.1 cm³/mol. The normalized spacial score (nSPS) is 21.0. The molecule has 2 aromatic rings. The Balaban J connectivity index is 0.00000144. The van der Waals surface area contributed by atoms with Crippen molar-refractivity contribution >= 4 is 55.3 Å². The number of hydrogen-bond acceptors (Lipinski definition) is 3. The molecule has 22 heavy (non-hydrogen) atoms. The van der Waals surface area contributed by atoms with E-state index in [1.807, 2.05) is 0 Å². The summed E-state index contributed by atoms with van der Waals surface area (Å²) >= 11 is 7.49. The summed E-state index contributed by atoms with van der Waals surface area (Å²) in [6, 6.07) is 0.314. The fourth-order valence-electron chi connectivity index (χ4n) is 3.51. The minimum absolute atomic E-state index is 0. The predicted octanol–water partition coefficient (Wildman–Crippen LogP) is 3.47. The summed E-state index contributed by atoms with van der Waals surface area (Å²) in [6.07, 6.45) is 2.30. The summed E-state index contributed by atoms with van der Waals surface area (Å²) in [4.78, 5) is 5.02. The first-order valence-electron chi connectivity index (χ1n) is 7.49. The van der Waals surface area contributed by atoms with Crippen LogP contribution in [-0.2, 0) is 13.0 Å². The standard InChI is InChI=1S/C15H18Br2N4.ClH/c1-8-11(16)12(17)9-3-2-6-21-14(9)13(8)20-15(21)10-7-18-4-5-19-10;/h10,18-19H,2-7H2,1H3;1H. The van der Waals surface area contributed by atoms with Crippen molar-refractivity contribution in [2.24, 2.45) is 0 Å². The van der Waals surface area contributed by atoms with E-state index in [9.17, 15) is 0 Å². The average Bonchev–Trinajstić information content (AvgIpc) is 2.92. The Hall–Kier alpha value is -0.140. The Morgan fingerprint density at radius 3 is 2.77 bits per heavy atom. The van der Waals surface area contributed by atoms with Gasteiger partial charge in [0.15, 0.2) is 0 Å². The number of aromatic nitrogens is 2. The second kappa shape index (κ2) is 6.40. The van der Waals surface area contributed by atoms with Crippen LogP contribution >= 0.6 is 44.3 Å². The molecule has 4 nitrogen and oxygen atoms in total. The van der Waals surface area contributed by atoms with Gasteiger partial charge in [0, 0.05) is 35.1 Å². The third-order valence-corrected chi connectivity index (χ3v) is 6.98. The van der Waals surface area contributed by atoms with Crippen LogP contribution in [0.25, 0.3) is 11.0 Å². The zero-order chi connectivity index (χ0) is 14.6. The molecule has 1 atom stereocenters. The average molecular weight is 451 g/mol. The van der Waals surface area contributed by atoms with E-state index < -0.39 is 0 Å². The first-order valence-corrected chi connectivity index (χ1v) is 9.07. The van der Waals surface area contributed by atoms with Gasteiger partial charge >= 0.3 is 0 Å². The molecular formula is C15H19Br2ClN4. The molecule has 120 valence electrons. The van der Waals surface area contributed by atoms with Gasteiger partial charge in [-0.25, -0.2) is 4.98 Å². The zero-order valence-corrected chi connectivity index (χ0v) is 16.4. The van der Waals surface area contributed by atoms with Gasteiger partial charge in [0.2, 0.25) is 0 Å². The van der Waals surface area contributed by atoms with Crippen LogP contribution in [0.15, 0.2) is 8.95 Å². The van der Waals surface area contributed by atoms with Crippen molar-refractivity contribution in [3.05, 3.63) is 25.9 Å². The van der Waals surface area contributed by atoms with Crippen LogP contribution in [0.3, 0.4) is 0 Å². The highest BCUT2D eigenvalue weighted by atomic mass is 79.9. The van der Waals surface area contributed by atoms with Gasteiger partial charge in [-0.2, -0.15) is 0 Å². The lowest BCUT2D eigenvalue weighted by Gasteiger charge is -2.26. The van der Waals surface area contributed by atoms with Gasteiger partial charge in [-0.1, -0.05) is 0 Å². The SMILES string of the molecule is Cc1c(Br)c(Br)c2c3c1nc(C1CNCCN1)n3CCC2.Cl. The number of imidazole rings is 1. The molecule has 2 aliphatic rings. The third kappa shape index (κ3) is 2.44. The van der Waals surface area contributed by atoms with E-state index >= 15 is 0 Å². The number of nitrogens with one attached hydrogen (secondary N) is 2. The fraction of sp³-hybridized carbons (Fsp3) is 0.533. The highest BCUT2D eigenvalue weighted by Gasteiger charge is 2.28. The minimum atomic E-state index is 0. The molecule has 7 heteroatoms. The maximum atomic E-state index is 5.02. The second-order valence-electron chi connectivity index (χ2n) is 5.86. The lowest BCUT2D eigenvalue weighted by Crippen LogP contribution is -2.43. The van der Waals surface area contributed by atoms with Crippen molar-refractivity contribution in [1.82, 2.24) is 20.2 Å². The molecule has 0 aliphatic carbocycles. The van der Waals surface area contributed by atoms with Crippen molar-refractivity contribution < 1.29 is 0 Å². The van der Waals surface area contributed by atoms with Crippen molar-refractivity contribution in [2.45, 2.75) is 32.4 Å². The topological polar surface area (TPSA) is 41.9 Å². The van der Waals surface area contributed by atoms with Crippen LogP contribution < -0.4 is 10.6 Å². The van der Waals surface area contributed by atoms with Gasteiger partial charge < -0.3 is 15.2 Å². The first-order chi connectivity index (χ1) is 10.2. The molecule has 0 amide bonds. The molecule has 1 saturated heterocycles. The van der Waals surface area contributed by atoms with Crippen molar-refractivity contribution in [3.8, 4) is 0 Å². The summed E-state index contributed by atoms with van der Waals surface area (Å²) in [5.41, 5.74) is 5.11. The molecule has 0 saturated carbocycles. The molecule has 1 aromatic heterocycles. The van der Waals surface area contributed by atoms with E-state index in [0.717, 1.165) is 42.6 Å². The van der Waals surface area contributed by atoms with Gasteiger partial charge in [0.25, 0.3) is 0 Å². The van der Waals surface area contributed by atoms with Gasteiger partial charge in [-0.3, -0.25) is 0 Å². The van der Waals surface area contributed by atoms with Gasteiger partial charge in [0.05, 0.1) is 17.1 Å². The molecular weight excluding hydrogens is 431 g/mol. The number of hydrogen-bond donors (Lipinski definition) is 2. The van der Waals surface area contributed by atoms with Crippen LogP contribution in [0, 0.1) is 6.92 Å². The number of benzene rings is 1. The van der Waals surface area contributed by atoms with Crippen LogP contribution in [-0.4, -0.2) is 29.2 Å². The number of nitrogens with zero attached hydrogens (tertiary/aromatic N) is 2. The molecule has 4 rings (SSSR count). The van der Waals surface area contributed by atoms with E-state index in [1.54, 1.807) is 0 Å². The summed E-state index contributed by atoms with van der Waals surface area (Å²) in [5.74, 6) is 1.19. The Morgan fingerprint density at radius 2 is 2.05 bits per heavy atom. The maximum absolute atomic E-state index is 5.02. The summed E-state index contributed by atoms with van der Waals surface area (Å²) in [5, 5.41) is 7.06. The molecule has 0 radical (unpaired) electrons. The van der Waals surface area contributed by atoms with Crippen molar-refractivity contribution in [1.29, 1.82) is 0 Å². The monoisotopic (exact) mass is 448 g/mol. The van der Waals surface area contributed by atoms with Crippen molar-refractivity contribution in [3.63, 3.8) is 0 Å². The number of rotatable bonds is 1. The summed E-state index contributed by atoms with van der Waals surface area (Å²) in [6.45, 7) is 6.23. The largest absolute Gasteiger partial charge is 0.326 e. The first kappa shape index (κ1) is 16.7. The smallest absolute Gasteiger partial charge is 0.128 e. The van der Waals surface area contributed by atoms with Crippen LogP contribution in [0.4, 0.5) is 0 Å². The van der Waals surface area contributed by atoms with Crippen LogP contribution in [0.2, 0.25) is 0 Å². The molecule has 3 heterocycles. The molecule has 2 aliphatic heterocycles. The van der Waals surface area contributed by atoms with E-state index in [1.165, 1.54) is 33.4 Å². The molecule has 1 fully saturated rings. The number of aryl methyl sites for hydroxylation is 3. The Bertz CT molecular complexity index is 722. The highest BCUT2D eigenvalue weighted by Crippen LogP contribution is 2.40. The van der Waals surface area contributed by atoms with Crippen molar-refractivity contribution in [2.75, 3.05) is 19.6 Å². The molecule has 1 aromatic carbocycles. The van der Waals surface area contributed by atoms with E-state index in [4.69, 9.17) is 4.98 Å². The van der Waals surface area contributed by atoms with Crippen LogP contribution in [0.5, 0.6) is 0 Å². The number of halogens is 3. The van der Waals surface area contributed by atoms with E-state index in [2.05, 4.69) is 54.0 Å². The Kier molecular flexibility index (Phi) is 4.86. The molecule has 1 unspecified atom stereocenters. The van der Waals surface area contributed by atoms with Gasteiger partial charge in [0.1, 0.15) is 5.82 Å². The second-order valence-corrected chi connectivity index (χ2v) is 7.45. The Morgan fingerprint density at radius 1 is 1.23 bits per heavy atom.